The van der Waals surface area contributed by atoms with Crippen molar-refractivity contribution in [2.45, 2.75) is 13.5 Å². The molecule has 2 aromatic heterocycles. The summed E-state index contributed by atoms with van der Waals surface area (Å²) < 4.78 is 19.7. The summed E-state index contributed by atoms with van der Waals surface area (Å²) in [4.78, 5) is 7.08. The highest BCUT2D eigenvalue weighted by Crippen LogP contribution is 2.17. The van der Waals surface area contributed by atoms with E-state index in [0.717, 1.165) is 18.9 Å². The van der Waals surface area contributed by atoms with Gasteiger partial charge < -0.3 is 4.74 Å². The van der Waals surface area contributed by atoms with E-state index in [4.69, 9.17) is 4.74 Å². The van der Waals surface area contributed by atoms with Crippen LogP contribution in [0.3, 0.4) is 0 Å². The molecule has 15 heavy (non-hydrogen) atoms. The maximum absolute atomic E-state index is 12.7. The van der Waals surface area contributed by atoms with Gasteiger partial charge in [0.2, 0.25) is 11.8 Å². The zero-order chi connectivity index (χ0) is 10.7. The van der Waals surface area contributed by atoms with Gasteiger partial charge in [0.25, 0.3) is 0 Å². The van der Waals surface area contributed by atoms with Crippen LogP contribution in [0.4, 0.5) is 4.39 Å². The Hall–Kier alpha value is -1.98. The van der Waals surface area contributed by atoms with E-state index in [-0.39, 0.29) is 5.88 Å². The van der Waals surface area contributed by atoms with Gasteiger partial charge >= 0.3 is 0 Å². The predicted octanol–water partition coefficient (Wildman–Crippen LogP) is 1.62. The molecule has 0 radical (unpaired) electrons. The molecular formula is C9H9FN4O. The van der Waals surface area contributed by atoms with Crippen LogP contribution in [0.1, 0.15) is 6.92 Å². The average Bonchev–Trinajstić information content (AvgIpc) is 2.65. The molecule has 0 saturated carbocycles. The molecule has 6 heteroatoms. The summed E-state index contributed by atoms with van der Waals surface area (Å²) in [6, 6.07) is 1.11. The minimum Gasteiger partial charge on any atom is -0.436 e. The van der Waals surface area contributed by atoms with Gasteiger partial charge in [-0.25, -0.2) is 9.97 Å². The maximum Gasteiger partial charge on any atom is 0.225 e. The van der Waals surface area contributed by atoms with Crippen molar-refractivity contribution in [3.05, 3.63) is 30.7 Å². The van der Waals surface area contributed by atoms with Gasteiger partial charge in [0.1, 0.15) is 6.33 Å². The molecule has 5 nitrogen and oxygen atoms in total. The summed E-state index contributed by atoms with van der Waals surface area (Å²) in [7, 11) is 0. The van der Waals surface area contributed by atoms with Gasteiger partial charge in [0, 0.05) is 6.54 Å². The molecule has 2 rings (SSSR count). The van der Waals surface area contributed by atoms with Crippen LogP contribution in [0.2, 0.25) is 0 Å². The largest absolute Gasteiger partial charge is 0.436 e. The second kappa shape index (κ2) is 4.04. The van der Waals surface area contributed by atoms with Crippen LogP contribution in [-0.2, 0) is 6.54 Å². The van der Waals surface area contributed by atoms with Crippen LogP contribution in [0.15, 0.2) is 24.8 Å². The number of aryl methyl sites for hydroxylation is 1. The third-order valence-electron chi connectivity index (χ3n) is 1.76. The molecule has 0 aliphatic carbocycles. The number of hydrogen-bond acceptors (Lipinski definition) is 4. The van der Waals surface area contributed by atoms with Gasteiger partial charge in [-0.1, -0.05) is 0 Å². The Bertz CT molecular complexity index is 457. The molecule has 78 valence electrons. The van der Waals surface area contributed by atoms with Gasteiger partial charge in [0.15, 0.2) is 5.75 Å². The molecule has 0 aliphatic heterocycles. The van der Waals surface area contributed by atoms with Crippen molar-refractivity contribution >= 4 is 0 Å². The fraction of sp³-hybridized carbons (Fsp3) is 0.222. The van der Waals surface area contributed by atoms with Crippen LogP contribution in [0, 0.1) is 5.95 Å². The molecule has 0 amide bonds. The Morgan fingerprint density at radius 2 is 2.33 bits per heavy atom. The van der Waals surface area contributed by atoms with Gasteiger partial charge in [-0.2, -0.15) is 9.49 Å². The van der Waals surface area contributed by atoms with Crippen LogP contribution in [-0.4, -0.2) is 19.7 Å². The van der Waals surface area contributed by atoms with Gasteiger partial charge in [0.05, 0.1) is 18.5 Å². The zero-order valence-electron chi connectivity index (χ0n) is 8.09. The summed E-state index contributed by atoms with van der Waals surface area (Å²) in [5, 5.41) is 4.01. The monoisotopic (exact) mass is 208 g/mol. The van der Waals surface area contributed by atoms with Crippen LogP contribution < -0.4 is 4.74 Å². The molecule has 0 aliphatic rings. The van der Waals surface area contributed by atoms with Gasteiger partial charge in [-0.15, -0.1) is 0 Å². The predicted molar refractivity (Wildman–Crippen MR) is 50.0 cm³/mol. The van der Waals surface area contributed by atoms with Crippen LogP contribution in [0.25, 0.3) is 0 Å². The van der Waals surface area contributed by atoms with E-state index in [2.05, 4.69) is 15.1 Å². The second-order valence-corrected chi connectivity index (χ2v) is 2.81. The third-order valence-corrected chi connectivity index (χ3v) is 1.76. The smallest absolute Gasteiger partial charge is 0.225 e. The molecule has 0 N–H and O–H groups in total. The van der Waals surface area contributed by atoms with E-state index in [1.54, 1.807) is 17.1 Å². The molecule has 0 saturated heterocycles. The quantitative estimate of drug-likeness (QED) is 0.719. The van der Waals surface area contributed by atoms with Crippen molar-refractivity contribution in [3.63, 3.8) is 0 Å². The van der Waals surface area contributed by atoms with Crippen LogP contribution in [0.5, 0.6) is 11.6 Å². The summed E-state index contributed by atoms with van der Waals surface area (Å²) in [6.45, 7) is 2.71. The molecule has 0 aromatic carbocycles. The van der Waals surface area contributed by atoms with Crippen molar-refractivity contribution in [1.29, 1.82) is 0 Å². The van der Waals surface area contributed by atoms with E-state index in [1.807, 2.05) is 6.92 Å². The Morgan fingerprint density at radius 3 is 3.00 bits per heavy atom. The average molecular weight is 208 g/mol. The lowest BCUT2D eigenvalue weighted by atomic mass is 10.6. The number of nitrogens with zero attached hydrogens (tertiary/aromatic N) is 4. The topological polar surface area (TPSA) is 52.8 Å². The van der Waals surface area contributed by atoms with E-state index in [1.165, 1.54) is 0 Å². The SMILES string of the molecule is CCn1cc(Oc2cc(F)ncn2)cn1. The fourth-order valence-corrected chi connectivity index (χ4v) is 1.06. The Labute approximate surface area is 85.5 Å². The lowest BCUT2D eigenvalue weighted by molar-refractivity contribution is 0.449. The lowest BCUT2D eigenvalue weighted by Crippen LogP contribution is -1.92. The molecule has 0 fully saturated rings. The highest BCUT2D eigenvalue weighted by molar-refractivity contribution is 5.20. The highest BCUT2D eigenvalue weighted by atomic mass is 19.1. The Balaban J connectivity index is 2.14. The Morgan fingerprint density at radius 1 is 1.47 bits per heavy atom. The maximum atomic E-state index is 12.7. The molecule has 2 heterocycles. The van der Waals surface area contributed by atoms with E-state index in [9.17, 15) is 4.39 Å². The minimum atomic E-state index is -0.622. The van der Waals surface area contributed by atoms with Crippen molar-refractivity contribution < 1.29 is 9.13 Å². The normalized spacial score (nSPS) is 10.3. The molecular weight excluding hydrogens is 199 g/mol. The fourth-order valence-electron chi connectivity index (χ4n) is 1.06. The number of ether oxygens (including phenoxy) is 1. The van der Waals surface area contributed by atoms with Gasteiger partial charge in [-0.05, 0) is 6.92 Å². The first-order valence-electron chi connectivity index (χ1n) is 4.46. The highest BCUT2D eigenvalue weighted by Gasteiger charge is 2.02. The molecule has 0 spiro atoms. The summed E-state index contributed by atoms with van der Waals surface area (Å²) >= 11 is 0. The minimum absolute atomic E-state index is 0.165. The van der Waals surface area contributed by atoms with E-state index < -0.39 is 5.95 Å². The summed E-state index contributed by atoms with van der Waals surface area (Å²) in [5.74, 6) is 0.0657. The number of aromatic nitrogens is 4. The van der Waals surface area contributed by atoms with Crippen molar-refractivity contribution in [2.75, 3.05) is 0 Å². The molecule has 0 unspecified atom stereocenters. The van der Waals surface area contributed by atoms with Crippen molar-refractivity contribution in [2.24, 2.45) is 0 Å². The van der Waals surface area contributed by atoms with Crippen LogP contribution >= 0.6 is 0 Å². The van der Waals surface area contributed by atoms with Crippen molar-refractivity contribution in [1.82, 2.24) is 19.7 Å². The number of rotatable bonds is 3. The van der Waals surface area contributed by atoms with Crippen molar-refractivity contribution in [3.8, 4) is 11.6 Å². The number of halogens is 1. The Kier molecular flexibility index (Phi) is 2.57. The first-order valence-corrected chi connectivity index (χ1v) is 4.46. The first kappa shape index (κ1) is 9.57. The summed E-state index contributed by atoms with van der Waals surface area (Å²) in [5.41, 5.74) is 0. The standard InChI is InChI=1S/C9H9FN4O/c1-2-14-5-7(4-13-14)15-9-3-8(10)11-6-12-9/h3-6H,2H2,1H3. The summed E-state index contributed by atoms with van der Waals surface area (Å²) in [6.07, 6.45) is 4.36. The van der Waals surface area contributed by atoms with Gasteiger partial charge in [-0.3, -0.25) is 4.68 Å². The lowest BCUT2D eigenvalue weighted by Gasteiger charge is -1.99. The molecule has 2 aromatic rings. The van der Waals surface area contributed by atoms with E-state index in [0.29, 0.717) is 5.75 Å². The third kappa shape index (κ3) is 2.28. The van der Waals surface area contributed by atoms with E-state index >= 15 is 0 Å². The zero-order valence-corrected chi connectivity index (χ0v) is 8.09. The molecule has 0 bridgehead atoms. The first-order chi connectivity index (χ1) is 7.28. The number of hydrogen-bond donors (Lipinski definition) is 0. The molecule has 0 atom stereocenters. The second-order valence-electron chi connectivity index (χ2n) is 2.81.